The summed E-state index contributed by atoms with van der Waals surface area (Å²) in [5.74, 6) is 1.82. The molecule has 0 aliphatic heterocycles. The normalized spacial score (nSPS) is 15.1. The van der Waals surface area contributed by atoms with E-state index in [1.165, 1.54) is 0 Å². The molecule has 0 amide bonds. The van der Waals surface area contributed by atoms with Crippen molar-refractivity contribution in [1.29, 1.82) is 0 Å². The van der Waals surface area contributed by atoms with Gasteiger partial charge in [0.25, 0.3) is 0 Å². The van der Waals surface area contributed by atoms with Crippen LogP contribution in [0.15, 0.2) is 43.1 Å². The Morgan fingerprint density at radius 3 is 2.74 bits per heavy atom. The first-order valence-corrected chi connectivity index (χ1v) is 8.34. The van der Waals surface area contributed by atoms with Crippen LogP contribution < -0.4 is 4.74 Å². The van der Waals surface area contributed by atoms with Gasteiger partial charge in [0.1, 0.15) is 5.75 Å². The van der Waals surface area contributed by atoms with Gasteiger partial charge >= 0.3 is 0 Å². The molecule has 0 saturated carbocycles. The molecule has 3 heteroatoms. The lowest BCUT2D eigenvalue weighted by Crippen LogP contribution is -2.10. The number of benzene rings is 1. The zero-order valence-corrected chi connectivity index (χ0v) is 14.3. The van der Waals surface area contributed by atoms with Crippen molar-refractivity contribution in [2.45, 2.75) is 39.2 Å². The van der Waals surface area contributed by atoms with Crippen LogP contribution in [0.5, 0.6) is 5.75 Å². The molecule has 1 heterocycles. The lowest BCUT2D eigenvalue weighted by atomic mass is 9.86. The van der Waals surface area contributed by atoms with Crippen LogP contribution in [0.25, 0.3) is 10.9 Å². The van der Waals surface area contributed by atoms with E-state index in [9.17, 15) is 5.11 Å². The molecule has 1 aromatic heterocycles. The summed E-state index contributed by atoms with van der Waals surface area (Å²) in [4.78, 5) is 4.37. The summed E-state index contributed by atoms with van der Waals surface area (Å²) in [5.41, 5.74) is 1.81. The van der Waals surface area contributed by atoms with Crippen molar-refractivity contribution in [2.24, 2.45) is 11.8 Å². The topological polar surface area (TPSA) is 42.4 Å². The summed E-state index contributed by atoms with van der Waals surface area (Å²) in [6, 6.07) is 7.68. The van der Waals surface area contributed by atoms with Crippen molar-refractivity contribution < 1.29 is 9.84 Å². The first kappa shape index (κ1) is 17.5. The molecule has 0 spiro atoms. The van der Waals surface area contributed by atoms with Gasteiger partial charge in [0.2, 0.25) is 0 Å². The highest BCUT2D eigenvalue weighted by molar-refractivity contribution is 5.83. The van der Waals surface area contributed by atoms with E-state index in [1.807, 2.05) is 30.3 Å². The van der Waals surface area contributed by atoms with E-state index in [4.69, 9.17) is 4.74 Å². The Balaban J connectivity index is 2.20. The number of aliphatic hydroxyl groups is 1. The zero-order valence-electron chi connectivity index (χ0n) is 14.3. The van der Waals surface area contributed by atoms with Crippen molar-refractivity contribution in [3.05, 3.63) is 48.7 Å². The van der Waals surface area contributed by atoms with E-state index < -0.39 is 6.10 Å². The molecule has 0 bridgehead atoms. The first-order valence-electron chi connectivity index (χ1n) is 8.34. The summed E-state index contributed by atoms with van der Waals surface area (Å²) in [5, 5.41) is 11.6. The third-order valence-corrected chi connectivity index (χ3v) is 4.79. The van der Waals surface area contributed by atoms with Gasteiger partial charge in [0, 0.05) is 11.6 Å². The maximum Gasteiger partial charge on any atom is 0.119 e. The highest BCUT2D eigenvalue weighted by atomic mass is 16.5. The molecular formula is C20H27NO2. The highest BCUT2D eigenvalue weighted by Gasteiger charge is 2.17. The molecule has 1 N–H and O–H groups in total. The predicted molar refractivity (Wildman–Crippen MR) is 95.6 cm³/mol. The number of nitrogens with zero attached hydrogens (tertiary/aromatic N) is 1. The Bertz CT molecular complexity index is 653. The smallest absolute Gasteiger partial charge is 0.119 e. The van der Waals surface area contributed by atoms with Crippen LogP contribution in [0.4, 0.5) is 0 Å². The van der Waals surface area contributed by atoms with Gasteiger partial charge in [-0.15, -0.1) is 6.58 Å². The largest absolute Gasteiger partial charge is 0.497 e. The molecule has 23 heavy (non-hydrogen) atoms. The average Bonchev–Trinajstić information content (AvgIpc) is 2.60. The van der Waals surface area contributed by atoms with E-state index in [0.717, 1.165) is 41.5 Å². The van der Waals surface area contributed by atoms with Gasteiger partial charge in [-0.3, -0.25) is 4.98 Å². The maximum absolute atomic E-state index is 10.7. The molecule has 2 aromatic rings. The molecule has 3 nitrogen and oxygen atoms in total. The molecule has 0 saturated heterocycles. The van der Waals surface area contributed by atoms with E-state index in [2.05, 4.69) is 25.4 Å². The molecule has 124 valence electrons. The molecule has 0 aliphatic rings. The summed E-state index contributed by atoms with van der Waals surface area (Å²) in [7, 11) is 1.65. The van der Waals surface area contributed by atoms with Crippen LogP contribution in [0.2, 0.25) is 0 Å². The molecular weight excluding hydrogens is 286 g/mol. The van der Waals surface area contributed by atoms with E-state index in [1.54, 1.807) is 13.3 Å². The van der Waals surface area contributed by atoms with Crippen LogP contribution in [0.3, 0.4) is 0 Å². The summed E-state index contributed by atoms with van der Waals surface area (Å²) >= 11 is 0. The van der Waals surface area contributed by atoms with Crippen LogP contribution >= 0.6 is 0 Å². The molecule has 1 aromatic carbocycles. The second-order valence-corrected chi connectivity index (χ2v) is 6.14. The van der Waals surface area contributed by atoms with Gasteiger partial charge in [0.15, 0.2) is 0 Å². The van der Waals surface area contributed by atoms with Crippen molar-refractivity contribution in [1.82, 2.24) is 4.98 Å². The number of ether oxygens (including phenoxy) is 1. The van der Waals surface area contributed by atoms with Crippen molar-refractivity contribution in [3.63, 3.8) is 0 Å². The number of methoxy groups -OCH3 is 1. The molecule has 0 radical (unpaired) electrons. The minimum atomic E-state index is -0.487. The standard InChI is InChI=1S/C20H27NO2/c1-5-14(3)15(6-2)7-10-20(22)17-11-12-21-19-9-8-16(23-4)13-18(17)19/h5,8-9,11-15,20,22H,1,6-7,10H2,2-4H3/t14-,15+,20+/m1/s1. The molecule has 3 atom stereocenters. The van der Waals surface area contributed by atoms with Crippen LogP contribution in [0, 0.1) is 11.8 Å². The summed E-state index contributed by atoms with van der Waals surface area (Å²) in [6.45, 7) is 8.28. The Morgan fingerprint density at radius 1 is 1.30 bits per heavy atom. The van der Waals surface area contributed by atoms with Crippen molar-refractivity contribution >= 4 is 10.9 Å². The highest BCUT2D eigenvalue weighted by Crippen LogP contribution is 2.31. The second kappa shape index (κ2) is 8.11. The molecule has 0 aliphatic carbocycles. The monoisotopic (exact) mass is 313 g/mol. The third-order valence-electron chi connectivity index (χ3n) is 4.79. The van der Waals surface area contributed by atoms with Crippen LogP contribution in [-0.4, -0.2) is 17.2 Å². The van der Waals surface area contributed by atoms with E-state index in [-0.39, 0.29) is 0 Å². The first-order chi connectivity index (χ1) is 11.1. The number of rotatable bonds is 8. The molecule has 0 fully saturated rings. The minimum absolute atomic E-state index is 0.474. The van der Waals surface area contributed by atoms with Gasteiger partial charge in [-0.1, -0.05) is 26.3 Å². The SMILES string of the molecule is C=C[C@@H](C)[C@@H](CC)CC[C@H](O)c1ccnc2ccc(OC)cc12. The van der Waals surface area contributed by atoms with Gasteiger partial charge < -0.3 is 9.84 Å². The van der Waals surface area contributed by atoms with Crippen LogP contribution in [-0.2, 0) is 0 Å². The number of hydrogen-bond donors (Lipinski definition) is 1. The van der Waals surface area contributed by atoms with Gasteiger partial charge in [-0.05, 0) is 54.5 Å². The maximum atomic E-state index is 10.7. The average molecular weight is 313 g/mol. The Morgan fingerprint density at radius 2 is 2.09 bits per heavy atom. The fourth-order valence-electron chi connectivity index (χ4n) is 3.12. The zero-order chi connectivity index (χ0) is 16.8. The van der Waals surface area contributed by atoms with Crippen molar-refractivity contribution in [3.8, 4) is 5.75 Å². The predicted octanol–water partition coefficient (Wildman–Crippen LogP) is 4.91. The Hall–Kier alpha value is -1.87. The van der Waals surface area contributed by atoms with Gasteiger partial charge in [-0.2, -0.15) is 0 Å². The number of aliphatic hydroxyl groups excluding tert-OH is 1. The van der Waals surface area contributed by atoms with Gasteiger partial charge in [0.05, 0.1) is 18.7 Å². The number of allylic oxidation sites excluding steroid dienone is 1. The van der Waals surface area contributed by atoms with E-state index >= 15 is 0 Å². The summed E-state index contributed by atoms with van der Waals surface area (Å²) in [6.07, 6.45) is 6.11. The Labute approximate surface area is 139 Å². The van der Waals surface area contributed by atoms with Gasteiger partial charge in [-0.25, -0.2) is 0 Å². The second-order valence-electron chi connectivity index (χ2n) is 6.14. The number of hydrogen-bond acceptors (Lipinski definition) is 3. The number of pyridine rings is 1. The minimum Gasteiger partial charge on any atom is -0.497 e. The number of fused-ring (bicyclic) bond motifs is 1. The van der Waals surface area contributed by atoms with Crippen LogP contribution in [0.1, 0.15) is 44.8 Å². The number of aromatic nitrogens is 1. The lowest BCUT2D eigenvalue weighted by Gasteiger charge is -2.22. The van der Waals surface area contributed by atoms with E-state index in [0.29, 0.717) is 11.8 Å². The Kier molecular flexibility index (Phi) is 6.17. The quantitative estimate of drug-likeness (QED) is 0.704. The van der Waals surface area contributed by atoms with Crippen molar-refractivity contribution in [2.75, 3.05) is 7.11 Å². The third kappa shape index (κ3) is 4.11. The molecule has 0 unspecified atom stereocenters. The fourth-order valence-corrected chi connectivity index (χ4v) is 3.12. The summed E-state index contributed by atoms with van der Waals surface area (Å²) < 4.78 is 5.30. The molecule has 2 rings (SSSR count). The lowest BCUT2D eigenvalue weighted by molar-refractivity contribution is 0.153. The fraction of sp³-hybridized carbons (Fsp3) is 0.450.